The number of hydrogen-bond donors (Lipinski definition) is 0. The molecule has 0 saturated carbocycles. The van der Waals surface area contributed by atoms with Crippen molar-refractivity contribution in [3.63, 3.8) is 0 Å². The van der Waals surface area contributed by atoms with Gasteiger partial charge >= 0.3 is 0 Å². The molecule has 1 unspecified atom stereocenters. The Balaban J connectivity index is 1.81. The van der Waals surface area contributed by atoms with Crippen LogP contribution in [0.4, 0.5) is 0 Å². The molecule has 1 amide bonds. The van der Waals surface area contributed by atoms with Crippen LogP contribution in [0.2, 0.25) is 0 Å². The zero-order valence-electron chi connectivity index (χ0n) is 17.9. The summed E-state index contributed by atoms with van der Waals surface area (Å²) < 4.78 is 5.71. The van der Waals surface area contributed by atoms with Crippen molar-refractivity contribution >= 4 is 17.4 Å². The zero-order chi connectivity index (χ0) is 22.7. The largest absolute Gasteiger partial charge is 0.872 e. The second-order valence-corrected chi connectivity index (χ2v) is 7.92. The van der Waals surface area contributed by atoms with Crippen LogP contribution in [0.15, 0.2) is 84.7 Å². The molecule has 162 valence electrons. The van der Waals surface area contributed by atoms with Crippen molar-refractivity contribution in [3.8, 4) is 5.75 Å². The van der Waals surface area contributed by atoms with E-state index in [0.717, 1.165) is 5.56 Å². The quantitative estimate of drug-likeness (QED) is 0.343. The molecule has 0 spiro atoms. The summed E-state index contributed by atoms with van der Waals surface area (Å²) in [6, 6.07) is 18.7. The lowest BCUT2D eigenvalue weighted by Crippen LogP contribution is -2.29. The Hall–Kier alpha value is -3.93. The van der Waals surface area contributed by atoms with Gasteiger partial charge in [-0.2, -0.15) is 0 Å². The zero-order valence-corrected chi connectivity index (χ0v) is 17.9. The molecule has 1 saturated heterocycles. The topological polar surface area (TPSA) is 83.8 Å². The van der Waals surface area contributed by atoms with E-state index in [9.17, 15) is 14.7 Å². The maximum absolute atomic E-state index is 13.3. The first-order valence-corrected chi connectivity index (χ1v) is 10.5. The number of aromatic amines is 1. The van der Waals surface area contributed by atoms with E-state index in [1.165, 1.54) is 4.90 Å². The smallest absolute Gasteiger partial charge is 0.295 e. The number of hydrogen-bond acceptors (Lipinski definition) is 4. The minimum absolute atomic E-state index is 0.0168. The molecule has 3 aromatic rings. The van der Waals surface area contributed by atoms with Gasteiger partial charge in [0.15, 0.2) is 12.4 Å². The van der Waals surface area contributed by atoms with Crippen LogP contribution in [0, 0.1) is 0 Å². The molecule has 32 heavy (non-hydrogen) atoms. The highest BCUT2D eigenvalue weighted by molar-refractivity contribution is 6.46. The fourth-order valence-electron chi connectivity index (χ4n) is 3.85. The van der Waals surface area contributed by atoms with Gasteiger partial charge in [-0.15, -0.1) is 0 Å². The van der Waals surface area contributed by atoms with Crippen LogP contribution in [0.5, 0.6) is 5.75 Å². The molecule has 4 rings (SSSR count). The number of amides is 1. The fourth-order valence-corrected chi connectivity index (χ4v) is 3.85. The van der Waals surface area contributed by atoms with Crippen LogP contribution in [0.3, 0.4) is 0 Å². The summed E-state index contributed by atoms with van der Waals surface area (Å²) in [6.45, 7) is 4.07. The molecule has 1 aliphatic heterocycles. The SMILES string of the molecule is CC(C)Oc1ccc(C2/C(=C(\[O-])c3ccccc3)C(=O)C(=O)N2Cc2ccc[nH+]c2)cc1. The van der Waals surface area contributed by atoms with Crippen molar-refractivity contribution in [2.45, 2.75) is 32.5 Å². The van der Waals surface area contributed by atoms with E-state index in [4.69, 9.17) is 4.74 Å². The number of carbonyl (C=O) groups excluding carboxylic acids is 2. The van der Waals surface area contributed by atoms with Crippen LogP contribution < -0.4 is 14.8 Å². The van der Waals surface area contributed by atoms with E-state index in [1.807, 2.05) is 26.0 Å². The van der Waals surface area contributed by atoms with E-state index in [1.54, 1.807) is 67.0 Å². The lowest BCUT2D eigenvalue weighted by molar-refractivity contribution is -0.378. The van der Waals surface area contributed by atoms with Crippen LogP contribution in [-0.4, -0.2) is 22.7 Å². The number of nitrogens with one attached hydrogen (secondary N) is 1. The summed E-state index contributed by atoms with van der Waals surface area (Å²) in [5.74, 6) is -1.19. The van der Waals surface area contributed by atoms with Gasteiger partial charge in [0.05, 0.1) is 18.7 Å². The van der Waals surface area contributed by atoms with Crippen molar-refractivity contribution in [1.82, 2.24) is 4.90 Å². The predicted molar refractivity (Wildman–Crippen MR) is 117 cm³/mol. The second-order valence-electron chi connectivity index (χ2n) is 7.92. The number of rotatable bonds is 6. The number of Topliss-reactive ketones (excluding diaryl/α,β-unsaturated/α-hetero) is 1. The Morgan fingerprint density at radius 2 is 1.75 bits per heavy atom. The lowest BCUT2D eigenvalue weighted by atomic mass is 9.95. The van der Waals surface area contributed by atoms with Crippen LogP contribution in [0.25, 0.3) is 5.76 Å². The summed E-state index contributed by atoms with van der Waals surface area (Å²) in [4.78, 5) is 30.5. The highest BCUT2D eigenvalue weighted by atomic mass is 16.5. The molecule has 0 radical (unpaired) electrons. The predicted octanol–water partition coefficient (Wildman–Crippen LogP) is 2.71. The van der Waals surface area contributed by atoms with E-state index in [0.29, 0.717) is 16.9 Å². The Labute approximate surface area is 186 Å². The first-order valence-electron chi connectivity index (χ1n) is 10.5. The van der Waals surface area contributed by atoms with Gasteiger partial charge in [0.2, 0.25) is 5.78 Å². The van der Waals surface area contributed by atoms with Gasteiger partial charge in [-0.1, -0.05) is 48.2 Å². The number of aromatic nitrogens is 1. The second kappa shape index (κ2) is 9.06. The van der Waals surface area contributed by atoms with Crippen LogP contribution in [-0.2, 0) is 16.1 Å². The molecule has 2 heterocycles. The normalized spacial score (nSPS) is 17.7. The monoisotopic (exact) mass is 428 g/mol. The standard InChI is InChI=1S/C26H24N2O4/c1-17(2)32-21-12-10-19(11-13-21)23-22(24(29)20-8-4-3-5-9-20)25(30)26(31)28(23)16-18-7-6-14-27-15-18/h3-15,17,23,29H,16H2,1-2H3/b24-22+. The number of H-pyrrole nitrogens is 1. The number of benzene rings is 2. The van der Waals surface area contributed by atoms with Gasteiger partial charge in [-0.25, -0.2) is 4.98 Å². The molecular formula is C26H24N2O4. The Morgan fingerprint density at radius 3 is 2.38 bits per heavy atom. The summed E-state index contributed by atoms with van der Waals surface area (Å²) in [7, 11) is 0. The molecule has 1 aliphatic rings. The maximum Gasteiger partial charge on any atom is 0.295 e. The first-order chi connectivity index (χ1) is 15.5. The van der Waals surface area contributed by atoms with Gasteiger partial charge in [0, 0.05) is 17.2 Å². The van der Waals surface area contributed by atoms with Gasteiger partial charge in [-0.05, 0) is 43.2 Å². The summed E-state index contributed by atoms with van der Waals surface area (Å²) in [6.07, 6.45) is 3.55. The number of carbonyl (C=O) groups is 2. The van der Waals surface area contributed by atoms with Gasteiger partial charge in [0.25, 0.3) is 5.91 Å². The van der Waals surface area contributed by atoms with Crippen LogP contribution in [0.1, 0.15) is 36.6 Å². The molecule has 1 aromatic heterocycles. The Morgan fingerprint density at radius 1 is 1.03 bits per heavy atom. The van der Waals surface area contributed by atoms with E-state index in [2.05, 4.69) is 4.98 Å². The average molecular weight is 428 g/mol. The molecule has 6 nitrogen and oxygen atoms in total. The van der Waals surface area contributed by atoms with Crippen molar-refractivity contribution < 1.29 is 24.4 Å². The number of nitrogens with zero attached hydrogens (tertiary/aromatic N) is 1. The Bertz CT molecular complexity index is 1140. The highest BCUT2D eigenvalue weighted by Gasteiger charge is 2.44. The molecule has 0 aliphatic carbocycles. The van der Waals surface area contributed by atoms with E-state index < -0.39 is 23.5 Å². The van der Waals surface area contributed by atoms with Gasteiger partial charge in [-0.3, -0.25) is 9.59 Å². The van der Waals surface area contributed by atoms with Crippen LogP contribution >= 0.6 is 0 Å². The van der Waals surface area contributed by atoms with E-state index >= 15 is 0 Å². The number of pyridine rings is 1. The summed E-state index contributed by atoms with van der Waals surface area (Å²) in [5, 5.41) is 13.3. The molecule has 1 atom stereocenters. The molecule has 2 aromatic carbocycles. The first kappa shape index (κ1) is 21.3. The third kappa shape index (κ3) is 4.25. The number of likely N-dealkylation sites (tertiary alicyclic amines) is 1. The molecule has 0 bridgehead atoms. The summed E-state index contributed by atoms with van der Waals surface area (Å²) >= 11 is 0. The van der Waals surface area contributed by atoms with Crippen molar-refractivity contribution in [3.05, 3.63) is 101 Å². The van der Waals surface area contributed by atoms with E-state index in [-0.39, 0.29) is 18.2 Å². The molecule has 6 heteroatoms. The van der Waals surface area contributed by atoms with Crippen molar-refractivity contribution in [2.75, 3.05) is 0 Å². The third-order valence-electron chi connectivity index (χ3n) is 5.26. The average Bonchev–Trinajstić information content (AvgIpc) is 3.05. The number of ether oxygens (including phenoxy) is 1. The minimum Gasteiger partial charge on any atom is -0.872 e. The third-order valence-corrected chi connectivity index (χ3v) is 5.26. The summed E-state index contributed by atoms with van der Waals surface area (Å²) in [5.41, 5.74) is 1.85. The molecule has 1 N–H and O–H groups in total. The molecular weight excluding hydrogens is 404 g/mol. The van der Waals surface area contributed by atoms with Crippen molar-refractivity contribution in [2.24, 2.45) is 0 Å². The van der Waals surface area contributed by atoms with Gasteiger partial charge in [0.1, 0.15) is 5.75 Å². The lowest BCUT2D eigenvalue weighted by Gasteiger charge is -2.27. The number of ketones is 1. The maximum atomic E-state index is 13.3. The molecule has 1 fully saturated rings. The fraction of sp³-hybridized carbons (Fsp3) is 0.192. The van der Waals surface area contributed by atoms with Gasteiger partial charge < -0.3 is 14.7 Å². The Kier molecular flexibility index (Phi) is 6.03. The van der Waals surface area contributed by atoms with Crippen molar-refractivity contribution in [1.29, 1.82) is 0 Å². The minimum atomic E-state index is -0.781. The highest BCUT2D eigenvalue weighted by Crippen LogP contribution is 2.40.